The molecule has 5 heteroatoms. The van der Waals surface area contributed by atoms with Crippen molar-refractivity contribution < 1.29 is 8.42 Å². The second-order valence-corrected chi connectivity index (χ2v) is 4.67. The lowest BCUT2D eigenvalue weighted by Crippen LogP contribution is -2.46. The molecule has 0 aromatic carbocycles. The quantitative estimate of drug-likeness (QED) is 0.532. The fourth-order valence-corrected chi connectivity index (χ4v) is 2.14. The van der Waals surface area contributed by atoms with Crippen molar-refractivity contribution in [2.45, 2.75) is 0 Å². The first-order chi connectivity index (χ1) is 4.64. The van der Waals surface area contributed by atoms with E-state index in [1.165, 1.54) is 0 Å². The highest BCUT2D eigenvalue weighted by Gasteiger charge is 2.19. The summed E-state index contributed by atoms with van der Waals surface area (Å²) in [6.07, 6.45) is 0. The average molecular weight is 164 g/mol. The van der Waals surface area contributed by atoms with Crippen molar-refractivity contribution in [3.05, 3.63) is 0 Å². The Labute approximate surface area is 61.1 Å². The first-order valence-electron chi connectivity index (χ1n) is 3.27. The summed E-state index contributed by atoms with van der Waals surface area (Å²) in [7, 11) is -0.904. The summed E-state index contributed by atoms with van der Waals surface area (Å²) in [4.78, 5) is 0. The van der Waals surface area contributed by atoms with E-state index in [0.29, 0.717) is 13.1 Å². The molecule has 0 aromatic heterocycles. The van der Waals surface area contributed by atoms with Gasteiger partial charge in [0.15, 0.2) is 9.84 Å². The molecule has 0 aromatic rings. The Kier molecular flexibility index (Phi) is 2.28. The zero-order valence-corrected chi connectivity index (χ0v) is 6.82. The average Bonchev–Trinajstić information content (AvgIpc) is 1.88. The zero-order chi connectivity index (χ0) is 7.61. The summed E-state index contributed by atoms with van der Waals surface area (Å²) < 4.78 is 21.7. The van der Waals surface area contributed by atoms with Crippen molar-refractivity contribution in [1.29, 1.82) is 0 Å². The molecule has 0 aliphatic carbocycles. The number of hydrazine groups is 1. The Balaban J connectivity index is 2.46. The van der Waals surface area contributed by atoms with Gasteiger partial charge in [-0.3, -0.25) is 5.43 Å². The molecule has 1 aliphatic rings. The summed E-state index contributed by atoms with van der Waals surface area (Å²) in [5.74, 6) is 0.571. The van der Waals surface area contributed by atoms with E-state index >= 15 is 0 Å². The molecule has 60 valence electrons. The minimum absolute atomic E-state index is 0.286. The second kappa shape index (κ2) is 2.86. The van der Waals surface area contributed by atoms with Gasteiger partial charge < -0.3 is 0 Å². The molecule has 0 radical (unpaired) electrons. The lowest BCUT2D eigenvalue weighted by atomic mass is 10.6. The maximum absolute atomic E-state index is 10.9. The van der Waals surface area contributed by atoms with Crippen LogP contribution >= 0.6 is 0 Å². The van der Waals surface area contributed by atoms with Crippen LogP contribution in [-0.4, -0.2) is 45.1 Å². The van der Waals surface area contributed by atoms with E-state index < -0.39 is 9.84 Å². The van der Waals surface area contributed by atoms with Crippen LogP contribution in [0.2, 0.25) is 0 Å². The smallest absolute Gasteiger partial charge is 0.152 e. The topological polar surface area (TPSA) is 49.4 Å². The third kappa shape index (κ3) is 1.93. The first kappa shape index (κ1) is 7.97. The monoisotopic (exact) mass is 164 g/mol. The lowest BCUT2D eigenvalue weighted by molar-refractivity contribution is 0.226. The predicted molar refractivity (Wildman–Crippen MR) is 39.3 cm³/mol. The fraction of sp³-hybridized carbons (Fsp3) is 1.00. The van der Waals surface area contributed by atoms with Gasteiger partial charge in [0, 0.05) is 13.1 Å². The third-order valence-electron chi connectivity index (χ3n) is 1.66. The van der Waals surface area contributed by atoms with Crippen molar-refractivity contribution in [2.24, 2.45) is 0 Å². The van der Waals surface area contributed by atoms with Gasteiger partial charge in [-0.2, -0.15) is 0 Å². The summed E-state index contributed by atoms with van der Waals surface area (Å²) in [5, 5.41) is 1.90. The van der Waals surface area contributed by atoms with Crippen LogP contribution in [-0.2, 0) is 9.84 Å². The number of nitrogens with zero attached hydrogens (tertiary/aromatic N) is 1. The number of nitrogens with one attached hydrogen (secondary N) is 1. The molecular weight excluding hydrogens is 152 g/mol. The van der Waals surface area contributed by atoms with Crippen molar-refractivity contribution >= 4 is 9.84 Å². The van der Waals surface area contributed by atoms with E-state index in [1.54, 1.807) is 7.05 Å². The lowest BCUT2D eigenvalue weighted by Gasteiger charge is -2.24. The van der Waals surface area contributed by atoms with E-state index in [2.05, 4.69) is 5.43 Å². The summed E-state index contributed by atoms with van der Waals surface area (Å²) >= 11 is 0. The second-order valence-electron chi connectivity index (χ2n) is 2.36. The predicted octanol–water partition coefficient (Wildman–Crippen LogP) is -1.15. The Morgan fingerprint density at radius 1 is 1.30 bits per heavy atom. The normalized spacial score (nSPS) is 26.5. The van der Waals surface area contributed by atoms with Crippen molar-refractivity contribution in [1.82, 2.24) is 10.4 Å². The van der Waals surface area contributed by atoms with Gasteiger partial charge in [-0.05, 0) is 7.05 Å². The van der Waals surface area contributed by atoms with Crippen LogP contribution in [0.1, 0.15) is 0 Å². The highest BCUT2D eigenvalue weighted by atomic mass is 32.2. The number of sulfone groups is 1. The Morgan fingerprint density at radius 2 is 1.80 bits per heavy atom. The van der Waals surface area contributed by atoms with Gasteiger partial charge in [0.2, 0.25) is 0 Å². The van der Waals surface area contributed by atoms with Crippen LogP contribution in [0.3, 0.4) is 0 Å². The van der Waals surface area contributed by atoms with E-state index in [9.17, 15) is 8.42 Å². The summed E-state index contributed by atoms with van der Waals surface area (Å²) in [5.41, 5.74) is 2.91. The van der Waals surface area contributed by atoms with E-state index in [4.69, 9.17) is 0 Å². The maximum Gasteiger partial charge on any atom is 0.152 e. The van der Waals surface area contributed by atoms with Crippen molar-refractivity contribution in [3.8, 4) is 0 Å². The number of hydrogen-bond donors (Lipinski definition) is 1. The molecule has 1 heterocycles. The highest BCUT2D eigenvalue weighted by Crippen LogP contribution is 1.99. The van der Waals surface area contributed by atoms with E-state index in [-0.39, 0.29) is 11.5 Å². The largest absolute Gasteiger partial charge is 0.258 e. The number of rotatable bonds is 1. The third-order valence-corrected chi connectivity index (χ3v) is 3.27. The van der Waals surface area contributed by atoms with Crippen LogP contribution in [0.25, 0.3) is 0 Å². The van der Waals surface area contributed by atoms with Crippen molar-refractivity contribution in [2.75, 3.05) is 31.6 Å². The molecule has 0 bridgehead atoms. The fourth-order valence-electron chi connectivity index (χ4n) is 0.936. The van der Waals surface area contributed by atoms with Gasteiger partial charge in [0.05, 0.1) is 11.5 Å². The van der Waals surface area contributed by atoms with Crippen LogP contribution in [0.5, 0.6) is 0 Å². The zero-order valence-electron chi connectivity index (χ0n) is 6.00. The molecule has 1 saturated heterocycles. The van der Waals surface area contributed by atoms with E-state index in [0.717, 1.165) is 0 Å². The van der Waals surface area contributed by atoms with Crippen LogP contribution in [0.4, 0.5) is 0 Å². The minimum atomic E-state index is -2.71. The SMILES string of the molecule is CNN1CCS(=O)(=O)CC1. The van der Waals surface area contributed by atoms with Gasteiger partial charge >= 0.3 is 0 Å². The molecule has 0 amide bonds. The molecule has 0 saturated carbocycles. The van der Waals surface area contributed by atoms with Gasteiger partial charge in [-0.15, -0.1) is 0 Å². The molecule has 10 heavy (non-hydrogen) atoms. The molecule has 1 rings (SSSR count). The molecule has 4 nitrogen and oxygen atoms in total. The van der Waals surface area contributed by atoms with Gasteiger partial charge in [0.25, 0.3) is 0 Å². The minimum Gasteiger partial charge on any atom is -0.258 e. The standard InChI is InChI=1S/C5H12N2O2S/c1-6-7-2-4-10(8,9)5-3-7/h6H,2-5H2,1H3. The Hall–Kier alpha value is -0.130. The molecule has 0 atom stereocenters. The Bertz CT molecular complexity index is 186. The van der Waals surface area contributed by atoms with Crippen LogP contribution < -0.4 is 5.43 Å². The highest BCUT2D eigenvalue weighted by molar-refractivity contribution is 7.91. The van der Waals surface area contributed by atoms with Crippen LogP contribution in [0, 0.1) is 0 Å². The van der Waals surface area contributed by atoms with E-state index in [1.807, 2.05) is 5.01 Å². The summed E-state index contributed by atoms with van der Waals surface area (Å²) in [6, 6.07) is 0. The maximum atomic E-state index is 10.9. The number of hydrogen-bond acceptors (Lipinski definition) is 4. The molecule has 0 unspecified atom stereocenters. The Morgan fingerprint density at radius 3 is 2.20 bits per heavy atom. The first-order valence-corrected chi connectivity index (χ1v) is 5.09. The summed E-state index contributed by atoms with van der Waals surface area (Å²) in [6.45, 7) is 1.22. The van der Waals surface area contributed by atoms with Gasteiger partial charge in [0.1, 0.15) is 0 Å². The van der Waals surface area contributed by atoms with Crippen molar-refractivity contribution in [3.63, 3.8) is 0 Å². The van der Waals surface area contributed by atoms with Gasteiger partial charge in [-0.1, -0.05) is 0 Å². The molecule has 1 fully saturated rings. The molecule has 1 aliphatic heterocycles. The van der Waals surface area contributed by atoms with Gasteiger partial charge in [-0.25, -0.2) is 13.4 Å². The van der Waals surface area contributed by atoms with Crippen LogP contribution in [0.15, 0.2) is 0 Å². The molecular formula is C5H12N2O2S. The molecule has 1 N–H and O–H groups in total. The molecule has 0 spiro atoms.